The van der Waals surface area contributed by atoms with Gasteiger partial charge < -0.3 is 86.5 Å². The molecule has 20 rings (SSSR count). The van der Waals surface area contributed by atoms with Crippen molar-refractivity contribution < 1.29 is 101 Å². The number of nitrogen functional groups attached to an aromatic ring is 1. The molecule has 0 amide bonds. The Morgan fingerprint density at radius 2 is 0.781 bits per heavy atom. The molecule has 14 aromatic rings. The Bertz CT molecular complexity index is 7280. The number of carboxylic acid groups (broad SMARTS) is 2. The van der Waals surface area contributed by atoms with Crippen LogP contribution in [0.2, 0.25) is 0 Å². The van der Waals surface area contributed by atoms with Crippen LogP contribution in [0, 0.1) is 23.7 Å². The lowest BCUT2D eigenvalue weighted by Gasteiger charge is -2.24. The molecule has 4 N–H and O–H groups in total. The second kappa shape index (κ2) is 52.2. The van der Waals surface area contributed by atoms with Gasteiger partial charge in [-0.05, 0) is 198 Å². The van der Waals surface area contributed by atoms with Crippen LogP contribution in [0.3, 0.4) is 0 Å². The number of Topliss-reactive ketones (excluding diaryl/α,β-unsaturated/α-hetero) is 3. The quantitative estimate of drug-likeness (QED) is 0.0219. The summed E-state index contributed by atoms with van der Waals surface area (Å²) in [4.78, 5) is 138. The number of halogens is 1. The number of carbonyl (C=O) groups is 7. The van der Waals surface area contributed by atoms with Crippen molar-refractivity contribution >= 4 is 117 Å². The van der Waals surface area contributed by atoms with Gasteiger partial charge in [0.1, 0.15) is 51.1 Å². The van der Waals surface area contributed by atoms with E-state index >= 15 is 0 Å². The fourth-order valence-electron chi connectivity index (χ4n) is 17.6. The van der Waals surface area contributed by atoms with E-state index in [-0.39, 0.29) is 75.7 Å². The number of rotatable bonds is 24. The third-order valence-corrected chi connectivity index (χ3v) is 26.4. The lowest BCUT2D eigenvalue weighted by Crippen LogP contribution is -2.24. The number of allylic oxidation sites excluding steroid dienone is 2. The zero-order valence-electron chi connectivity index (χ0n) is 82.0. The number of anilines is 1. The standard InChI is InChI=1S/C33H31N3O6.C18H21NO4.C16H15N3O3.C16H17NO4.C13H12O3.C11H8O3.C6H11BrO/c1-39-31-16-25-27(17-32(31)40-2)34-12-9-30(25)42-23-8-7-22(35-18-23)15-29(37)26-20-36(19-21-10-13-41-14-11-21)28-6-4-3-5-24(28)33(26)38;1-2-23-18(21)15-12-19(11-13-7-9-22-10-8-13)16-6-4-3-5-14(16)17(15)20;1-20-14-7-11-12(8-15(14)21-2)18-6-5-13(11)22-10-3-4-16(17)19-9-10;18-15-12-3-1-2-4-14(12)17(10-13(15)16(19)20)9-11-5-7-21-8-6-11;1-2-16-13(15)11-8-7-9-5-3-4-6-10(9)12(11)14;12-10-8-4-2-1-3-7(8)5-6-9(10)11(13)14;7-5-6-1-3-8-4-2-6/h3-9,12,16-18,20-21H,10-11,13-15,19H2,1-2H3;3-6,12-13H,2,7-11H2,1H3;3-9H,1-2H3,(H2,17,19);1-4,10-11H,5-9H2,(H,19,20);3-6,8H,2,7H2,1H3;1-4,6H,5H2,(H,13,14);6H,1-5H2. The Morgan fingerprint density at radius 1 is 0.404 bits per heavy atom. The molecule has 0 bridgehead atoms. The van der Waals surface area contributed by atoms with Crippen LogP contribution >= 0.6 is 15.9 Å². The number of methoxy groups -OCH3 is 4. The highest BCUT2D eigenvalue weighted by molar-refractivity contribution is 9.09. The average Bonchev–Trinajstić information content (AvgIpc) is 0.770. The number of aliphatic carboxylic acids is 1. The lowest BCUT2D eigenvalue weighted by atomic mass is 9.90. The Morgan fingerprint density at radius 3 is 1.18 bits per heavy atom. The Labute approximate surface area is 850 Å². The van der Waals surface area contributed by atoms with Crippen molar-refractivity contribution in [2.45, 2.75) is 104 Å². The van der Waals surface area contributed by atoms with Crippen LogP contribution in [0.15, 0.2) is 263 Å². The summed E-state index contributed by atoms with van der Waals surface area (Å²) in [5.41, 5.74) is 12.2. The summed E-state index contributed by atoms with van der Waals surface area (Å²) in [6.07, 6.45) is 23.9. The molecule has 0 unspecified atom stereocenters. The summed E-state index contributed by atoms with van der Waals surface area (Å²) in [5.74, 6) is 3.09. The molecule has 0 radical (unpaired) electrons. The molecule has 4 fully saturated rings. The number of aromatic nitrogens is 7. The van der Waals surface area contributed by atoms with Gasteiger partial charge in [-0.1, -0.05) is 113 Å². The largest absolute Gasteiger partial charge is 0.493 e. The van der Waals surface area contributed by atoms with Gasteiger partial charge in [-0.3, -0.25) is 43.7 Å². The molecule has 146 heavy (non-hydrogen) atoms. The third kappa shape index (κ3) is 27.2. The van der Waals surface area contributed by atoms with Gasteiger partial charge in [0.05, 0.1) is 93.6 Å². The van der Waals surface area contributed by atoms with Gasteiger partial charge in [-0.2, -0.15) is 0 Å². The van der Waals surface area contributed by atoms with Crippen molar-refractivity contribution in [2.24, 2.45) is 23.7 Å². The number of alkyl halides is 1. The van der Waals surface area contributed by atoms with E-state index in [1.807, 2.05) is 105 Å². The highest BCUT2D eigenvalue weighted by atomic mass is 79.9. The van der Waals surface area contributed by atoms with Crippen molar-refractivity contribution in [1.82, 2.24) is 33.6 Å². The van der Waals surface area contributed by atoms with E-state index in [1.54, 1.807) is 177 Å². The molecule has 33 heteroatoms. The third-order valence-electron chi connectivity index (χ3n) is 25.5. The number of pyridine rings is 7. The molecule has 11 heterocycles. The number of nitrogens with two attached hydrogens (primary N) is 1. The second-order valence-corrected chi connectivity index (χ2v) is 35.6. The van der Waals surface area contributed by atoms with Crippen LogP contribution in [0.1, 0.15) is 134 Å². The molecule has 4 aliphatic heterocycles. The highest BCUT2D eigenvalue weighted by Crippen LogP contribution is 2.40. The monoisotopic (exact) mass is 2050 g/mol. The van der Waals surface area contributed by atoms with Gasteiger partial charge in [0.15, 0.2) is 45.8 Å². The van der Waals surface area contributed by atoms with Crippen LogP contribution in [-0.4, -0.2) is 185 Å². The summed E-state index contributed by atoms with van der Waals surface area (Å²) in [7, 11) is 6.32. The van der Waals surface area contributed by atoms with Crippen LogP contribution in [-0.2, 0) is 76.9 Å². The summed E-state index contributed by atoms with van der Waals surface area (Å²) in [6, 6.07) is 54.2. The van der Waals surface area contributed by atoms with E-state index in [1.165, 1.54) is 25.1 Å². The Balaban J connectivity index is 0.000000142. The fourth-order valence-corrected chi connectivity index (χ4v) is 18.3. The molecule has 6 aliphatic rings. The van der Waals surface area contributed by atoms with Crippen LogP contribution < -0.4 is 50.4 Å². The number of carbonyl (C=O) groups excluding carboxylic acids is 5. The number of fused-ring (bicyclic) bond motifs is 7. The first kappa shape index (κ1) is 106. The van der Waals surface area contributed by atoms with E-state index < -0.39 is 29.3 Å². The number of carboxylic acids is 2. The molecule has 4 saturated heterocycles. The first-order chi connectivity index (χ1) is 71.0. The van der Waals surface area contributed by atoms with E-state index in [4.69, 9.17) is 67.7 Å². The van der Waals surface area contributed by atoms with Crippen LogP contribution in [0.4, 0.5) is 5.82 Å². The SMILES string of the molecule is BrCC1CCOCC1.CCOC(=O)C1=CCc2ccccc2C1=O.CCOC(=O)c1cn(CC2CCOCC2)c2ccccc2c1=O.COc1cc2nccc(Oc3ccc(CC(=O)c4cn(CC5CCOCC5)c5ccccc5c4=O)nc3)c2cc1OC.COc1cc2nccc(Oc3ccc(N)nc3)c2cc1OC.O=C(O)C1=CCc2ccccc2C1=O.O=C(O)c1cn(CC2CCOCC2)c2ccccc2c1=O. The number of hydrogen-bond acceptors (Lipinski definition) is 27. The molecule has 758 valence electrons. The first-order valence-corrected chi connectivity index (χ1v) is 49.4. The van der Waals surface area contributed by atoms with E-state index in [0.717, 1.165) is 160 Å². The van der Waals surface area contributed by atoms with Gasteiger partial charge in [0.2, 0.25) is 10.9 Å². The number of esters is 2. The van der Waals surface area contributed by atoms with Gasteiger partial charge in [-0.25, -0.2) is 24.2 Å². The van der Waals surface area contributed by atoms with Gasteiger partial charge in [0.25, 0.3) is 0 Å². The van der Waals surface area contributed by atoms with Crippen molar-refractivity contribution in [3.63, 3.8) is 0 Å². The Kier molecular flexibility index (Phi) is 38.0. The zero-order chi connectivity index (χ0) is 103. The summed E-state index contributed by atoms with van der Waals surface area (Å²) in [6.45, 7) is 12.7. The van der Waals surface area contributed by atoms with Crippen LogP contribution in [0.5, 0.6) is 46.0 Å². The maximum absolute atomic E-state index is 13.4. The maximum atomic E-state index is 13.4. The Hall–Kier alpha value is -15.4. The minimum absolute atomic E-state index is 0.000307. The summed E-state index contributed by atoms with van der Waals surface area (Å²) < 4.78 is 70.7. The first-order valence-electron chi connectivity index (χ1n) is 48.3. The maximum Gasteiger partial charge on any atom is 0.343 e. The average molecular weight is 2050 g/mol. The van der Waals surface area contributed by atoms with Crippen molar-refractivity contribution in [3.8, 4) is 46.0 Å². The van der Waals surface area contributed by atoms with Crippen LogP contribution in [0.25, 0.3) is 54.5 Å². The smallest absolute Gasteiger partial charge is 0.343 e. The lowest BCUT2D eigenvalue weighted by molar-refractivity contribution is -0.138. The predicted octanol–water partition coefficient (Wildman–Crippen LogP) is 18.5. The van der Waals surface area contributed by atoms with E-state index in [9.17, 15) is 53.1 Å². The van der Waals surface area contributed by atoms with Gasteiger partial charge >= 0.3 is 23.9 Å². The zero-order valence-corrected chi connectivity index (χ0v) is 83.6. The molecular weight excluding hydrogens is 1930 g/mol. The number of para-hydroxylation sites is 3. The second-order valence-electron chi connectivity index (χ2n) is 34.9. The molecule has 0 saturated carbocycles. The molecule has 0 spiro atoms. The van der Waals surface area contributed by atoms with Gasteiger partial charge in [-0.15, -0.1) is 0 Å². The number of hydrogen-bond donors (Lipinski definition) is 3. The molecule has 0 atom stereocenters. The topological polar surface area (TPSA) is 414 Å². The van der Waals surface area contributed by atoms with Crippen molar-refractivity contribution in [3.05, 3.63) is 324 Å². The molecule has 7 aromatic heterocycles. The van der Waals surface area contributed by atoms with E-state index in [0.29, 0.717) is 127 Å². The number of aromatic carboxylic acids is 1. The van der Waals surface area contributed by atoms with E-state index in [2.05, 4.69) is 35.9 Å². The molecule has 7 aromatic carbocycles. The highest BCUT2D eigenvalue weighted by Gasteiger charge is 2.30. The minimum atomic E-state index is -1.17. The normalized spacial score (nSPS) is 14.6. The van der Waals surface area contributed by atoms with Crippen molar-refractivity contribution in [1.29, 1.82) is 0 Å². The van der Waals surface area contributed by atoms with Gasteiger partial charge in [0, 0.05) is 165 Å². The summed E-state index contributed by atoms with van der Waals surface area (Å²) >= 11 is 3.46. The molecule has 2 aliphatic carbocycles. The minimum Gasteiger partial charge on any atom is -0.493 e. The number of benzene rings is 7. The molecular formula is C113H115BrN8O24. The predicted molar refractivity (Wildman–Crippen MR) is 556 cm³/mol. The summed E-state index contributed by atoms with van der Waals surface area (Å²) in [5, 5.41) is 22.3. The number of nitrogens with zero attached hydrogens (tertiary/aromatic N) is 7. The number of ether oxygens (including phenoxy) is 12. The fraction of sp³-hybridized carbons (Fsp3) is 0.310. The number of ketones is 3. The molecule has 32 nitrogen and oxygen atoms in total. The van der Waals surface area contributed by atoms with Crippen molar-refractivity contribution in [2.75, 3.05) is 106 Å².